The van der Waals surface area contributed by atoms with E-state index in [0.717, 1.165) is 11.3 Å². The molecule has 0 fully saturated rings. The van der Waals surface area contributed by atoms with Crippen LogP contribution in [-0.2, 0) is 13.0 Å². The van der Waals surface area contributed by atoms with Gasteiger partial charge in [0, 0.05) is 16.9 Å². The molecule has 0 aliphatic rings. The Kier molecular flexibility index (Phi) is 6.41. The molecular weight excluding hydrogens is 400 g/mol. The SMILES string of the molecule is CCc1c(C(=O)Nc2cccc(NC(=O)c3ccccc3)c2)cnn1Cc1ccccc1. The maximum atomic E-state index is 13.0. The highest BCUT2D eigenvalue weighted by molar-refractivity contribution is 6.06. The predicted octanol–water partition coefficient (Wildman–Crippen LogP) is 5.00. The van der Waals surface area contributed by atoms with Crippen LogP contribution in [0.1, 0.15) is 38.9 Å². The van der Waals surface area contributed by atoms with Crippen LogP contribution in [0.2, 0.25) is 0 Å². The zero-order valence-electron chi connectivity index (χ0n) is 17.8. The van der Waals surface area contributed by atoms with Crippen LogP contribution in [0.25, 0.3) is 0 Å². The number of amides is 2. The third-order valence-electron chi connectivity index (χ3n) is 5.12. The van der Waals surface area contributed by atoms with Crippen LogP contribution in [0, 0.1) is 0 Å². The molecule has 6 heteroatoms. The number of hydrogen-bond acceptors (Lipinski definition) is 3. The molecule has 0 saturated heterocycles. The first-order valence-corrected chi connectivity index (χ1v) is 10.5. The van der Waals surface area contributed by atoms with E-state index in [4.69, 9.17) is 0 Å². The van der Waals surface area contributed by atoms with Crippen LogP contribution in [0.15, 0.2) is 91.1 Å². The number of carbonyl (C=O) groups excluding carboxylic acids is 2. The van der Waals surface area contributed by atoms with Gasteiger partial charge in [0.1, 0.15) is 0 Å². The van der Waals surface area contributed by atoms with Gasteiger partial charge in [-0.1, -0.05) is 61.5 Å². The average Bonchev–Trinajstić information content (AvgIpc) is 3.23. The molecule has 0 unspecified atom stereocenters. The number of anilines is 2. The van der Waals surface area contributed by atoms with E-state index >= 15 is 0 Å². The van der Waals surface area contributed by atoms with Crippen LogP contribution in [0.4, 0.5) is 11.4 Å². The Hall–Kier alpha value is -4.19. The van der Waals surface area contributed by atoms with Crippen molar-refractivity contribution in [1.29, 1.82) is 0 Å². The van der Waals surface area contributed by atoms with E-state index in [0.29, 0.717) is 35.5 Å². The minimum atomic E-state index is -0.229. The Morgan fingerprint density at radius 1 is 0.812 bits per heavy atom. The highest BCUT2D eigenvalue weighted by Crippen LogP contribution is 2.19. The maximum Gasteiger partial charge on any atom is 0.259 e. The fourth-order valence-electron chi connectivity index (χ4n) is 3.53. The number of benzene rings is 3. The van der Waals surface area contributed by atoms with Gasteiger partial charge in [-0.25, -0.2) is 0 Å². The first-order valence-electron chi connectivity index (χ1n) is 10.5. The second kappa shape index (κ2) is 9.75. The summed E-state index contributed by atoms with van der Waals surface area (Å²) in [5, 5.41) is 10.2. The summed E-state index contributed by atoms with van der Waals surface area (Å²) < 4.78 is 1.86. The first-order chi connectivity index (χ1) is 15.6. The van der Waals surface area contributed by atoms with Gasteiger partial charge in [-0.2, -0.15) is 5.10 Å². The lowest BCUT2D eigenvalue weighted by atomic mass is 10.1. The number of rotatable bonds is 7. The lowest BCUT2D eigenvalue weighted by molar-refractivity contribution is 0.101. The Labute approximate surface area is 186 Å². The third-order valence-corrected chi connectivity index (χ3v) is 5.12. The van der Waals surface area contributed by atoms with E-state index < -0.39 is 0 Å². The van der Waals surface area contributed by atoms with Crippen molar-refractivity contribution in [3.8, 4) is 0 Å². The number of nitrogens with one attached hydrogen (secondary N) is 2. The zero-order chi connectivity index (χ0) is 22.3. The Morgan fingerprint density at radius 3 is 2.09 bits per heavy atom. The molecule has 2 N–H and O–H groups in total. The van der Waals surface area contributed by atoms with Gasteiger partial charge in [-0.15, -0.1) is 0 Å². The van der Waals surface area contributed by atoms with Gasteiger partial charge in [0.15, 0.2) is 0 Å². The van der Waals surface area contributed by atoms with Crippen molar-refractivity contribution < 1.29 is 9.59 Å². The summed E-state index contributed by atoms with van der Waals surface area (Å²) >= 11 is 0. The molecule has 0 spiro atoms. The van der Waals surface area contributed by atoms with Crippen molar-refractivity contribution in [3.63, 3.8) is 0 Å². The average molecular weight is 425 g/mol. The fourth-order valence-corrected chi connectivity index (χ4v) is 3.53. The minimum absolute atomic E-state index is 0.204. The second-order valence-corrected chi connectivity index (χ2v) is 7.36. The molecule has 0 bridgehead atoms. The van der Waals surface area contributed by atoms with E-state index in [9.17, 15) is 9.59 Å². The van der Waals surface area contributed by atoms with Crippen molar-refractivity contribution in [3.05, 3.63) is 114 Å². The smallest absolute Gasteiger partial charge is 0.259 e. The monoisotopic (exact) mass is 424 g/mol. The minimum Gasteiger partial charge on any atom is -0.322 e. The molecule has 3 aromatic carbocycles. The number of carbonyl (C=O) groups is 2. The summed E-state index contributed by atoms with van der Waals surface area (Å²) in [6.07, 6.45) is 2.29. The van der Waals surface area contributed by atoms with E-state index in [1.165, 1.54) is 0 Å². The van der Waals surface area contributed by atoms with Crippen molar-refractivity contribution >= 4 is 23.2 Å². The number of hydrogen-bond donors (Lipinski definition) is 2. The number of nitrogens with zero attached hydrogens (tertiary/aromatic N) is 2. The summed E-state index contributed by atoms with van der Waals surface area (Å²) in [6.45, 7) is 2.62. The van der Waals surface area contributed by atoms with Gasteiger partial charge in [-0.05, 0) is 42.3 Å². The fraction of sp³-hybridized carbons (Fsp3) is 0.115. The van der Waals surface area contributed by atoms with Crippen molar-refractivity contribution in [2.45, 2.75) is 19.9 Å². The van der Waals surface area contributed by atoms with Crippen LogP contribution >= 0.6 is 0 Å². The third kappa shape index (κ3) is 4.92. The van der Waals surface area contributed by atoms with Gasteiger partial charge in [0.05, 0.1) is 24.0 Å². The first kappa shape index (κ1) is 21.1. The molecule has 0 radical (unpaired) electrons. The van der Waals surface area contributed by atoms with Gasteiger partial charge >= 0.3 is 0 Å². The van der Waals surface area contributed by atoms with Gasteiger partial charge < -0.3 is 10.6 Å². The molecule has 0 atom stereocenters. The molecule has 6 nitrogen and oxygen atoms in total. The van der Waals surface area contributed by atoms with Crippen molar-refractivity contribution in [1.82, 2.24) is 9.78 Å². The topological polar surface area (TPSA) is 76.0 Å². The Morgan fingerprint density at radius 2 is 1.44 bits per heavy atom. The summed E-state index contributed by atoms with van der Waals surface area (Å²) in [4.78, 5) is 25.4. The largest absolute Gasteiger partial charge is 0.322 e. The van der Waals surface area contributed by atoms with E-state index in [1.807, 2.05) is 60.1 Å². The summed E-state index contributed by atoms with van der Waals surface area (Å²) in [5.74, 6) is -0.433. The van der Waals surface area contributed by atoms with Gasteiger partial charge in [0.2, 0.25) is 0 Å². The maximum absolute atomic E-state index is 13.0. The molecule has 160 valence electrons. The van der Waals surface area contributed by atoms with Crippen LogP contribution in [0.5, 0.6) is 0 Å². The lowest BCUT2D eigenvalue weighted by Gasteiger charge is -2.10. The lowest BCUT2D eigenvalue weighted by Crippen LogP contribution is -2.15. The molecule has 32 heavy (non-hydrogen) atoms. The molecule has 0 aliphatic carbocycles. The Bertz CT molecular complexity index is 1220. The van der Waals surface area contributed by atoms with E-state index in [1.54, 1.807) is 42.6 Å². The summed E-state index contributed by atoms with van der Waals surface area (Å²) in [6, 6.07) is 26.1. The predicted molar refractivity (Wildman–Crippen MR) is 126 cm³/mol. The quantitative estimate of drug-likeness (QED) is 0.438. The molecule has 1 aromatic heterocycles. The number of aromatic nitrogens is 2. The molecule has 0 saturated carbocycles. The van der Waals surface area contributed by atoms with Crippen LogP contribution in [-0.4, -0.2) is 21.6 Å². The second-order valence-electron chi connectivity index (χ2n) is 7.36. The van der Waals surface area contributed by atoms with Crippen molar-refractivity contribution in [2.75, 3.05) is 10.6 Å². The standard InChI is InChI=1S/C26H24N4O2/c1-2-24-23(17-27-30(24)18-19-10-5-3-6-11-19)26(32)29-22-15-9-14-21(16-22)28-25(31)20-12-7-4-8-13-20/h3-17H,2,18H2,1H3,(H,28,31)(H,29,32). The Balaban J connectivity index is 1.47. The normalized spacial score (nSPS) is 10.5. The van der Waals surface area contributed by atoms with Gasteiger partial charge in [0.25, 0.3) is 11.8 Å². The zero-order valence-corrected chi connectivity index (χ0v) is 17.8. The van der Waals surface area contributed by atoms with E-state index in [2.05, 4.69) is 15.7 Å². The van der Waals surface area contributed by atoms with E-state index in [-0.39, 0.29) is 11.8 Å². The highest BCUT2D eigenvalue weighted by Gasteiger charge is 2.17. The molecular formula is C26H24N4O2. The molecule has 4 rings (SSSR count). The summed E-state index contributed by atoms with van der Waals surface area (Å²) in [7, 11) is 0. The van der Waals surface area contributed by atoms with Crippen LogP contribution < -0.4 is 10.6 Å². The molecule has 2 amide bonds. The summed E-state index contributed by atoms with van der Waals surface area (Å²) in [5.41, 5.74) is 4.31. The highest BCUT2D eigenvalue weighted by atomic mass is 16.2. The van der Waals surface area contributed by atoms with Crippen molar-refractivity contribution in [2.24, 2.45) is 0 Å². The molecule has 1 heterocycles. The molecule has 4 aromatic rings. The van der Waals surface area contributed by atoms with Crippen LogP contribution in [0.3, 0.4) is 0 Å². The molecule has 0 aliphatic heterocycles. The van der Waals surface area contributed by atoms with Gasteiger partial charge in [-0.3, -0.25) is 14.3 Å².